The Balaban J connectivity index is 1.94. The molecule has 4 rings (SSSR count). The molecule has 1 fully saturated rings. The number of hydrogen-bond donors (Lipinski definition) is 2. The van der Waals surface area contributed by atoms with E-state index in [1.54, 1.807) is 53.9 Å². The number of nitrogens with one attached hydrogen (secondary N) is 1. The first-order valence-electron chi connectivity index (χ1n) is 10.0. The summed E-state index contributed by atoms with van der Waals surface area (Å²) in [7, 11) is 0.722. The maximum Gasteiger partial charge on any atom is 0.434 e. The molecule has 0 saturated carbocycles. The van der Waals surface area contributed by atoms with Crippen molar-refractivity contribution < 1.29 is 22.7 Å². The molecule has 1 aromatic heterocycles. The molecule has 10 nitrogen and oxygen atoms in total. The largest absolute Gasteiger partial charge is 0.463 e. The normalized spacial score (nSPS) is 21.0. The van der Waals surface area contributed by atoms with E-state index in [1.165, 1.54) is 20.0 Å². The van der Waals surface area contributed by atoms with E-state index >= 15 is 4.39 Å². The number of imidazole rings is 1. The quantitative estimate of drug-likeness (QED) is 0.558. The zero-order valence-corrected chi connectivity index (χ0v) is 20.3. The van der Waals surface area contributed by atoms with Crippen LogP contribution < -0.4 is 10.2 Å². The van der Waals surface area contributed by atoms with Crippen LogP contribution in [0, 0.1) is 5.82 Å². The number of rotatable bonds is 3. The first-order chi connectivity index (χ1) is 15.8. The molecule has 1 amide bonds. The fourth-order valence-electron chi connectivity index (χ4n) is 3.98. The molecule has 1 saturated heterocycles. The van der Waals surface area contributed by atoms with E-state index in [1.807, 2.05) is 0 Å². The lowest BCUT2D eigenvalue weighted by Crippen LogP contribution is -2.61. The summed E-state index contributed by atoms with van der Waals surface area (Å²) in [6, 6.07) is 9.67. The third-order valence-corrected chi connectivity index (χ3v) is 7.77. The van der Waals surface area contributed by atoms with Crippen LogP contribution in [-0.2, 0) is 15.6 Å². The van der Waals surface area contributed by atoms with Gasteiger partial charge in [-0.1, -0.05) is 23.7 Å². The summed E-state index contributed by atoms with van der Waals surface area (Å²) in [6.07, 6.45) is -1.58. The van der Waals surface area contributed by atoms with Gasteiger partial charge in [-0.2, -0.15) is 0 Å². The summed E-state index contributed by atoms with van der Waals surface area (Å²) in [4.78, 5) is 20.8. The van der Waals surface area contributed by atoms with Gasteiger partial charge in [-0.25, -0.2) is 26.9 Å². The van der Waals surface area contributed by atoms with E-state index in [2.05, 4.69) is 15.3 Å². The van der Waals surface area contributed by atoms with Crippen LogP contribution in [0.4, 0.5) is 15.1 Å². The van der Waals surface area contributed by atoms with Crippen molar-refractivity contribution in [3.8, 4) is 5.69 Å². The van der Waals surface area contributed by atoms with Crippen LogP contribution in [0.2, 0.25) is 5.02 Å². The minimum absolute atomic E-state index is 0.0216. The minimum Gasteiger partial charge on any atom is -0.463 e. The Morgan fingerprint density at radius 2 is 2.03 bits per heavy atom. The van der Waals surface area contributed by atoms with Crippen LogP contribution in [0.25, 0.3) is 16.7 Å². The Hall–Kier alpha value is -3.38. The summed E-state index contributed by atoms with van der Waals surface area (Å²) in [5.41, 5.74) is -0.198. The summed E-state index contributed by atoms with van der Waals surface area (Å²) in [6.45, 7) is 1.48. The number of fused-ring (bicyclic) bond motifs is 1. The third-order valence-electron chi connectivity index (χ3n) is 5.59. The maximum absolute atomic E-state index is 16.2. The van der Waals surface area contributed by atoms with Gasteiger partial charge in [-0.3, -0.25) is 4.57 Å². The lowest BCUT2D eigenvalue weighted by atomic mass is 9.92. The topological polar surface area (TPSA) is 120 Å². The van der Waals surface area contributed by atoms with Gasteiger partial charge in [0.2, 0.25) is 21.9 Å². The molecule has 3 aromatic rings. The second-order valence-electron chi connectivity index (χ2n) is 8.31. The van der Waals surface area contributed by atoms with Crippen LogP contribution in [0.15, 0.2) is 41.4 Å². The molecule has 0 spiro atoms. The Morgan fingerprint density at radius 3 is 2.68 bits per heavy atom. The standard InChI is InChI=1S/C21H22ClFN6O4S/c1-21(11-34(32,33)28(4)18(26-21)25-20(30)31)13-6-5-7-15(17(13)23)29-16-10-12(22)8-9-14(16)24-19(29)27(2)3/h5-10H,11H2,1-4H3,(H,25,26)(H,30,31)/t21-/m0/s1. The van der Waals surface area contributed by atoms with Crippen LogP contribution in [0.5, 0.6) is 0 Å². The van der Waals surface area contributed by atoms with Crippen molar-refractivity contribution in [3.63, 3.8) is 0 Å². The second kappa shape index (κ2) is 8.13. The number of aromatic nitrogens is 2. The molecule has 0 unspecified atom stereocenters. The van der Waals surface area contributed by atoms with Crippen molar-refractivity contribution >= 4 is 50.7 Å². The molecule has 0 aliphatic carbocycles. The highest BCUT2D eigenvalue weighted by Gasteiger charge is 2.44. The third kappa shape index (κ3) is 3.92. The van der Waals surface area contributed by atoms with Crippen LogP contribution >= 0.6 is 11.6 Å². The highest BCUT2D eigenvalue weighted by Crippen LogP contribution is 2.35. The zero-order valence-electron chi connectivity index (χ0n) is 18.7. The zero-order chi connectivity index (χ0) is 25.0. The lowest BCUT2D eigenvalue weighted by molar-refractivity contribution is 0.205. The molecule has 1 aliphatic heterocycles. The van der Waals surface area contributed by atoms with Gasteiger partial charge >= 0.3 is 6.09 Å². The Kier molecular flexibility index (Phi) is 5.68. The van der Waals surface area contributed by atoms with Crippen molar-refractivity contribution in [2.75, 3.05) is 31.8 Å². The number of amides is 1. The smallest absolute Gasteiger partial charge is 0.434 e. The van der Waals surface area contributed by atoms with E-state index in [-0.39, 0.29) is 11.3 Å². The van der Waals surface area contributed by atoms with Crippen LogP contribution in [0.1, 0.15) is 12.5 Å². The van der Waals surface area contributed by atoms with Crippen LogP contribution in [-0.4, -0.2) is 66.3 Å². The molecule has 0 bridgehead atoms. The molecule has 1 atom stereocenters. The Labute approximate surface area is 200 Å². The first-order valence-corrected chi connectivity index (χ1v) is 12.0. The molecule has 180 valence electrons. The molecule has 13 heteroatoms. The highest BCUT2D eigenvalue weighted by atomic mass is 35.5. The predicted molar refractivity (Wildman–Crippen MR) is 128 cm³/mol. The van der Waals surface area contributed by atoms with Gasteiger partial charge in [-0.15, -0.1) is 4.99 Å². The number of guanidine groups is 1. The van der Waals surface area contributed by atoms with E-state index in [9.17, 15) is 13.2 Å². The number of carboxylic acid groups (broad SMARTS) is 1. The van der Waals surface area contributed by atoms with Crippen molar-refractivity contribution in [2.45, 2.75) is 12.5 Å². The van der Waals surface area contributed by atoms with Crippen LogP contribution in [0.3, 0.4) is 0 Å². The van der Waals surface area contributed by atoms with Gasteiger partial charge in [0.05, 0.1) is 28.0 Å². The van der Waals surface area contributed by atoms with E-state index < -0.39 is 39.2 Å². The fraction of sp³-hybridized carbons (Fsp3) is 0.286. The molecule has 34 heavy (non-hydrogen) atoms. The molecular weight excluding hydrogens is 487 g/mol. The van der Waals surface area contributed by atoms with Gasteiger partial charge < -0.3 is 15.3 Å². The first kappa shape index (κ1) is 23.8. The number of halogens is 2. The van der Waals surface area contributed by atoms with Gasteiger partial charge in [0, 0.05) is 31.7 Å². The summed E-state index contributed by atoms with van der Waals surface area (Å²) < 4.78 is 44.1. The van der Waals surface area contributed by atoms with Gasteiger partial charge in [0.25, 0.3) is 0 Å². The number of hydrogen-bond acceptors (Lipinski definition) is 5. The van der Waals surface area contributed by atoms with Crippen molar-refractivity contribution in [2.24, 2.45) is 4.99 Å². The second-order valence-corrected chi connectivity index (χ2v) is 10.7. The number of nitrogens with zero attached hydrogens (tertiary/aromatic N) is 5. The lowest BCUT2D eigenvalue weighted by Gasteiger charge is -2.40. The van der Waals surface area contributed by atoms with Crippen molar-refractivity contribution in [1.29, 1.82) is 0 Å². The van der Waals surface area contributed by atoms with Crippen molar-refractivity contribution in [1.82, 2.24) is 19.2 Å². The highest BCUT2D eigenvalue weighted by molar-refractivity contribution is 7.89. The van der Waals surface area contributed by atoms with Crippen molar-refractivity contribution in [3.05, 3.63) is 52.8 Å². The average molecular weight is 509 g/mol. The molecule has 2 N–H and O–H groups in total. The minimum atomic E-state index is -3.99. The number of aliphatic imine (C=N–C) groups is 1. The SMILES string of the molecule is CN(C)c1nc2ccc(Cl)cc2n1-c1cccc([C@]2(C)CS(=O)(=O)N(C)/C(=N\C(=O)O)N2)c1F. The van der Waals surface area contributed by atoms with Gasteiger partial charge in [0.15, 0.2) is 5.82 Å². The maximum atomic E-state index is 16.2. The average Bonchev–Trinajstić information content (AvgIpc) is 3.10. The number of anilines is 1. The van der Waals surface area contributed by atoms with E-state index in [4.69, 9.17) is 16.7 Å². The van der Waals surface area contributed by atoms with Gasteiger partial charge in [0.1, 0.15) is 0 Å². The van der Waals surface area contributed by atoms with E-state index in [0.29, 0.717) is 22.0 Å². The number of benzene rings is 2. The molecule has 1 aliphatic rings. The summed E-state index contributed by atoms with van der Waals surface area (Å²) >= 11 is 6.19. The summed E-state index contributed by atoms with van der Waals surface area (Å²) in [5, 5.41) is 12.3. The number of sulfonamides is 1. The summed E-state index contributed by atoms with van der Waals surface area (Å²) in [5.74, 6) is -1.20. The number of carbonyl (C=O) groups is 1. The Morgan fingerprint density at radius 1 is 1.32 bits per heavy atom. The molecule has 2 heterocycles. The fourth-order valence-corrected chi connectivity index (χ4v) is 5.65. The van der Waals surface area contributed by atoms with E-state index in [0.717, 1.165) is 4.31 Å². The molecule has 0 radical (unpaired) electrons. The van der Waals surface area contributed by atoms with Gasteiger partial charge in [-0.05, 0) is 31.2 Å². The molecule has 2 aromatic carbocycles. The monoisotopic (exact) mass is 508 g/mol. The predicted octanol–water partition coefficient (Wildman–Crippen LogP) is 3.00. The molecular formula is C21H22ClFN6O4S. The Bertz CT molecular complexity index is 1450.